The summed E-state index contributed by atoms with van der Waals surface area (Å²) in [5.74, 6) is -1.03. The van der Waals surface area contributed by atoms with Crippen LogP contribution in [-0.2, 0) is 11.3 Å². The maximum absolute atomic E-state index is 11.6. The molecule has 0 fully saturated rings. The predicted molar refractivity (Wildman–Crippen MR) is 66.8 cm³/mol. The Bertz CT molecular complexity index is 624. The Morgan fingerprint density at radius 2 is 2.24 bits per heavy atom. The first kappa shape index (κ1) is 12.0. The quantitative estimate of drug-likeness (QED) is 0.922. The number of thiazole rings is 2. The van der Waals surface area contributed by atoms with E-state index in [1.807, 2.05) is 13.8 Å². The molecule has 2 aromatic heterocycles. The summed E-state index contributed by atoms with van der Waals surface area (Å²) in [4.78, 5) is 27.3. The van der Waals surface area contributed by atoms with Crippen molar-refractivity contribution in [1.29, 1.82) is 0 Å². The standard InChI is InChI=1S/C10H10N2O3S2/c1-5-9(11-6(2)17-5)7-4-16-10(15)12(7)3-8(13)14/h4H,3H2,1-2H3,(H,13,14). The molecule has 90 valence electrons. The monoisotopic (exact) mass is 270 g/mol. The molecule has 2 heterocycles. The van der Waals surface area contributed by atoms with E-state index in [4.69, 9.17) is 5.11 Å². The molecule has 0 unspecified atom stereocenters. The topological polar surface area (TPSA) is 72.2 Å². The zero-order chi connectivity index (χ0) is 12.6. The van der Waals surface area contributed by atoms with Gasteiger partial charge in [0.2, 0.25) is 0 Å². The third kappa shape index (κ3) is 2.29. The Labute approximate surface area is 105 Å². The second-order valence-corrected chi connectivity index (χ2v) is 5.73. The van der Waals surface area contributed by atoms with Gasteiger partial charge in [0.15, 0.2) is 0 Å². The van der Waals surface area contributed by atoms with Crippen molar-refractivity contribution in [2.45, 2.75) is 20.4 Å². The average Bonchev–Trinajstić information content (AvgIpc) is 2.71. The number of nitrogens with zero attached hydrogens (tertiary/aromatic N) is 2. The van der Waals surface area contributed by atoms with Crippen LogP contribution < -0.4 is 4.87 Å². The van der Waals surface area contributed by atoms with E-state index in [0.29, 0.717) is 11.4 Å². The van der Waals surface area contributed by atoms with Crippen molar-refractivity contribution >= 4 is 28.6 Å². The van der Waals surface area contributed by atoms with E-state index in [2.05, 4.69) is 4.98 Å². The molecule has 0 bridgehead atoms. The van der Waals surface area contributed by atoms with Gasteiger partial charge in [0, 0.05) is 10.3 Å². The van der Waals surface area contributed by atoms with Gasteiger partial charge in [0.1, 0.15) is 12.2 Å². The zero-order valence-corrected chi connectivity index (χ0v) is 10.9. The van der Waals surface area contributed by atoms with E-state index in [9.17, 15) is 9.59 Å². The van der Waals surface area contributed by atoms with Gasteiger partial charge < -0.3 is 5.11 Å². The lowest BCUT2D eigenvalue weighted by molar-refractivity contribution is -0.137. The van der Waals surface area contributed by atoms with Crippen molar-refractivity contribution in [2.75, 3.05) is 0 Å². The number of rotatable bonds is 3. The number of aromatic nitrogens is 2. The van der Waals surface area contributed by atoms with Gasteiger partial charge in [-0.2, -0.15) is 0 Å². The molecule has 2 aromatic rings. The first-order valence-electron chi connectivity index (χ1n) is 4.83. The molecule has 0 amide bonds. The van der Waals surface area contributed by atoms with E-state index in [1.165, 1.54) is 15.9 Å². The number of hydrogen-bond donors (Lipinski definition) is 1. The molecule has 0 aromatic carbocycles. The van der Waals surface area contributed by atoms with Gasteiger partial charge in [-0.1, -0.05) is 11.3 Å². The molecule has 7 heteroatoms. The predicted octanol–water partition coefficient (Wildman–Crippen LogP) is 1.73. The molecular formula is C10H10N2O3S2. The highest BCUT2D eigenvalue weighted by Crippen LogP contribution is 2.27. The maximum Gasteiger partial charge on any atom is 0.323 e. The molecule has 1 N–H and O–H groups in total. The Hall–Kier alpha value is -1.47. The summed E-state index contributed by atoms with van der Waals surface area (Å²) in [5, 5.41) is 11.3. The summed E-state index contributed by atoms with van der Waals surface area (Å²) in [6.07, 6.45) is 0. The molecule has 0 radical (unpaired) electrons. The SMILES string of the molecule is Cc1nc(-c2csc(=O)n2CC(=O)O)c(C)s1. The third-order valence-corrected chi connectivity index (χ3v) is 3.87. The van der Waals surface area contributed by atoms with E-state index < -0.39 is 5.97 Å². The van der Waals surface area contributed by atoms with Crippen molar-refractivity contribution in [3.8, 4) is 11.4 Å². The van der Waals surface area contributed by atoms with Gasteiger partial charge >= 0.3 is 10.8 Å². The molecule has 0 aliphatic heterocycles. The summed E-state index contributed by atoms with van der Waals surface area (Å²) in [6.45, 7) is 3.47. The van der Waals surface area contributed by atoms with Crippen molar-refractivity contribution in [1.82, 2.24) is 9.55 Å². The third-order valence-electron chi connectivity index (χ3n) is 2.22. The number of aliphatic carboxylic acids is 1. The second kappa shape index (κ2) is 4.42. The molecule has 0 spiro atoms. The van der Waals surface area contributed by atoms with Gasteiger partial charge in [-0.25, -0.2) is 4.98 Å². The molecule has 17 heavy (non-hydrogen) atoms. The molecule has 0 saturated carbocycles. The minimum absolute atomic E-state index is 0.271. The number of hydrogen-bond acceptors (Lipinski definition) is 5. The Morgan fingerprint density at radius 1 is 1.53 bits per heavy atom. The number of aryl methyl sites for hydroxylation is 2. The lowest BCUT2D eigenvalue weighted by Gasteiger charge is -2.02. The summed E-state index contributed by atoms with van der Waals surface area (Å²) in [7, 11) is 0. The van der Waals surface area contributed by atoms with Gasteiger partial charge in [-0.05, 0) is 13.8 Å². The van der Waals surface area contributed by atoms with Crippen molar-refractivity contribution in [3.05, 3.63) is 24.9 Å². The number of carboxylic acids is 1. The highest BCUT2D eigenvalue weighted by atomic mass is 32.1. The van der Waals surface area contributed by atoms with Crippen LogP contribution in [0.15, 0.2) is 10.2 Å². The van der Waals surface area contributed by atoms with Crippen LogP contribution in [0.1, 0.15) is 9.88 Å². The summed E-state index contributed by atoms with van der Waals surface area (Å²) < 4.78 is 1.24. The second-order valence-electron chi connectivity index (χ2n) is 3.50. The Kier molecular flexibility index (Phi) is 3.12. The average molecular weight is 270 g/mol. The van der Waals surface area contributed by atoms with Crippen LogP contribution in [-0.4, -0.2) is 20.6 Å². The molecule has 5 nitrogen and oxygen atoms in total. The fraction of sp³-hybridized carbons (Fsp3) is 0.300. The first-order valence-corrected chi connectivity index (χ1v) is 6.53. The minimum Gasteiger partial charge on any atom is -0.480 e. The first-order chi connectivity index (χ1) is 7.99. The van der Waals surface area contributed by atoms with Crippen molar-refractivity contribution < 1.29 is 9.90 Å². The Morgan fingerprint density at radius 3 is 2.76 bits per heavy atom. The van der Waals surface area contributed by atoms with Crippen LogP contribution in [0, 0.1) is 13.8 Å². The zero-order valence-electron chi connectivity index (χ0n) is 9.26. The van der Waals surface area contributed by atoms with E-state index in [-0.39, 0.29) is 11.4 Å². The minimum atomic E-state index is -1.03. The largest absolute Gasteiger partial charge is 0.480 e. The van der Waals surface area contributed by atoms with E-state index >= 15 is 0 Å². The lowest BCUT2D eigenvalue weighted by Crippen LogP contribution is -2.19. The van der Waals surface area contributed by atoms with Crippen molar-refractivity contribution in [3.63, 3.8) is 0 Å². The molecule has 2 rings (SSSR count). The molecular weight excluding hydrogens is 260 g/mol. The smallest absolute Gasteiger partial charge is 0.323 e. The number of carbonyl (C=O) groups is 1. The Balaban J connectivity index is 2.56. The van der Waals surface area contributed by atoms with Crippen LogP contribution in [0.4, 0.5) is 0 Å². The van der Waals surface area contributed by atoms with Crippen LogP contribution in [0.3, 0.4) is 0 Å². The molecule has 0 aliphatic rings. The summed E-state index contributed by atoms with van der Waals surface area (Å²) in [5.41, 5.74) is 1.29. The van der Waals surface area contributed by atoms with Crippen LogP contribution in [0.25, 0.3) is 11.4 Å². The van der Waals surface area contributed by atoms with Crippen LogP contribution in [0.2, 0.25) is 0 Å². The van der Waals surface area contributed by atoms with Gasteiger partial charge in [0.05, 0.1) is 10.7 Å². The number of carboxylic acid groups (broad SMARTS) is 1. The summed E-state index contributed by atoms with van der Waals surface area (Å²) in [6, 6.07) is 0. The normalized spacial score (nSPS) is 10.7. The maximum atomic E-state index is 11.6. The molecule has 0 aliphatic carbocycles. The van der Waals surface area contributed by atoms with Crippen molar-refractivity contribution in [2.24, 2.45) is 0 Å². The fourth-order valence-corrected chi connectivity index (χ4v) is 3.14. The fourth-order valence-electron chi connectivity index (χ4n) is 1.57. The van der Waals surface area contributed by atoms with Gasteiger partial charge in [-0.15, -0.1) is 11.3 Å². The van der Waals surface area contributed by atoms with Gasteiger partial charge in [-0.3, -0.25) is 14.2 Å². The highest BCUT2D eigenvalue weighted by Gasteiger charge is 2.16. The van der Waals surface area contributed by atoms with Crippen LogP contribution >= 0.6 is 22.7 Å². The van der Waals surface area contributed by atoms with Crippen LogP contribution in [0.5, 0.6) is 0 Å². The highest BCUT2D eigenvalue weighted by molar-refractivity contribution is 7.12. The van der Waals surface area contributed by atoms with E-state index in [1.54, 1.807) is 5.38 Å². The van der Waals surface area contributed by atoms with E-state index in [0.717, 1.165) is 21.2 Å². The molecule has 0 saturated heterocycles. The van der Waals surface area contributed by atoms with Gasteiger partial charge in [0.25, 0.3) is 0 Å². The lowest BCUT2D eigenvalue weighted by atomic mass is 10.3. The summed E-state index contributed by atoms with van der Waals surface area (Å²) >= 11 is 2.53. The molecule has 0 atom stereocenters.